The van der Waals surface area contributed by atoms with Crippen molar-refractivity contribution in [2.24, 2.45) is 5.92 Å². The maximum atomic E-state index is 13.2. The normalized spacial score (nSPS) is 24.7. The molecule has 4 heteroatoms. The van der Waals surface area contributed by atoms with Crippen molar-refractivity contribution in [1.82, 2.24) is 10.3 Å². The first-order chi connectivity index (χ1) is 7.22. The van der Waals surface area contributed by atoms with Crippen molar-refractivity contribution in [1.29, 1.82) is 0 Å². The molecule has 0 saturated heterocycles. The van der Waals surface area contributed by atoms with Gasteiger partial charge in [-0.2, -0.15) is 0 Å². The van der Waals surface area contributed by atoms with Crippen LogP contribution in [0.4, 0.5) is 4.39 Å². The number of hydrogen-bond donors (Lipinski definition) is 1. The van der Waals surface area contributed by atoms with Gasteiger partial charge >= 0.3 is 0 Å². The average molecular weight is 208 g/mol. The van der Waals surface area contributed by atoms with E-state index in [-0.39, 0.29) is 17.3 Å². The molecule has 1 saturated carbocycles. The molecular formula is C11H13FN2O. The number of Topliss-reactive ketones (excluding diaryl/α,β-unsaturated/α-hetero) is 1. The molecule has 0 aliphatic heterocycles. The second-order valence-corrected chi connectivity index (χ2v) is 3.87. The van der Waals surface area contributed by atoms with Crippen LogP contribution in [0.15, 0.2) is 18.5 Å². The molecule has 0 amide bonds. The monoisotopic (exact) mass is 208 g/mol. The first kappa shape index (κ1) is 10.2. The second-order valence-electron chi connectivity index (χ2n) is 3.87. The minimum atomic E-state index is -0.518. The van der Waals surface area contributed by atoms with Crippen LogP contribution in [0.3, 0.4) is 0 Å². The van der Waals surface area contributed by atoms with Gasteiger partial charge < -0.3 is 5.32 Å². The Bertz CT molecular complexity index is 375. The Balaban J connectivity index is 2.07. The number of ketones is 1. The number of nitrogens with one attached hydrogen (secondary N) is 1. The largest absolute Gasteiger partial charge is 0.317 e. The van der Waals surface area contributed by atoms with Crippen molar-refractivity contribution in [3.05, 3.63) is 29.8 Å². The lowest BCUT2D eigenvalue weighted by atomic mass is 9.76. The van der Waals surface area contributed by atoms with Crippen LogP contribution in [0.5, 0.6) is 0 Å². The van der Waals surface area contributed by atoms with Crippen LogP contribution in [0.1, 0.15) is 23.2 Å². The Labute approximate surface area is 87.7 Å². The van der Waals surface area contributed by atoms with Crippen LogP contribution >= 0.6 is 0 Å². The summed E-state index contributed by atoms with van der Waals surface area (Å²) in [6.07, 6.45) is 4.14. The lowest BCUT2D eigenvalue weighted by Crippen LogP contribution is -2.42. The number of pyridine rings is 1. The van der Waals surface area contributed by atoms with E-state index in [2.05, 4.69) is 10.3 Å². The molecule has 1 aromatic heterocycles. The Hall–Kier alpha value is -1.29. The summed E-state index contributed by atoms with van der Waals surface area (Å²) in [4.78, 5) is 15.4. The molecule has 1 aliphatic carbocycles. The van der Waals surface area contributed by atoms with Crippen molar-refractivity contribution in [2.45, 2.75) is 18.9 Å². The number of halogens is 1. The van der Waals surface area contributed by atoms with Crippen molar-refractivity contribution >= 4 is 5.78 Å². The first-order valence-corrected chi connectivity index (χ1v) is 5.03. The topological polar surface area (TPSA) is 42.0 Å². The molecule has 0 spiro atoms. The van der Waals surface area contributed by atoms with Gasteiger partial charge in [-0.1, -0.05) is 0 Å². The zero-order valence-corrected chi connectivity index (χ0v) is 8.53. The van der Waals surface area contributed by atoms with Gasteiger partial charge in [-0.25, -0.2) is 4.39 Å². The van der Waals surface area contributed by atoms with E-state index >= 15 is 0 Å². The second kappa shape index (κ2) is 4.06. The van der Waals surface area contributed by atoms with Crippen molar-refractivity contribution < 1.29 is 9.18 Å². The molecule has 1 aromatic rings. The molecule has 1 N–H and O–H groups in total. The summed E-state index contributed by atoms with van der Waals surface area (Å²) < 4.78 is 13.2. The smallest absolute Gasteiger partial charge is 0.169 e. The third kappa shape index (κ3) is 1.90. The zero-order chi connectivity index (χ0) is 10.8. The van der Waals surface area contributed by atoms with Crippen LogP contribution in [0.2, 0.25) is 0 Å². The summed E-state index contributed by atoms with van der Waals surface area (Å²) in [6, 6.07) is 1.86. The van der Waals surface area contributed by atoms with E-state index in [0.29, 0.717) is 6.04 Å². The quantitative estimate of drug-likeness (QED) is 0.763. The molecule has 2 rings (SSSR count). The van der Waals surface area contributed by atoms with Gasteiger partial charge in [0.05, 0.1) is 11.8 Å². The Morgan fingerprint density at radius 3 is 2.93 bits per heavy atom. The predicted molar refractivity (Wildman–Crippen MR) is 54.1 cm³/mol. The van der Waals surface area contributed by atoms with Gasteiger partial charge in [0.25, 0.3) is 0 Å². The maximum absolute atomic E-state index is 13.2. The van der Waals surface area contributed by atoms with Crippen LogP contribution in [0.25, 0.3) is 0 Å². The number of carbonyl (C=O) groups excluding carboxylic acids is 1. The van der Waals surface area contributed by atoms with Crippen LogP contribution in [0, 0.1) is 11.7 Å². The summed E-state index contributed by atoms with van der Waals surface area (Å²) in [6.45, 7) is 0. The van der Waals surface area contributed by atoms with E-state index < -0.39 is 5.82 Å². The molecule has 0 radical (unpaired) electrons. The summed E-state index contributed by atoms with van der Waals surface area (Å²) in [5.74, 6) is -0.642. The van der Waals surface area contributed by atoms with Crippen molar-refractivity contribution in [3.8, 4) is 0 Å². The number of rotatable bonds is 3. The number of hydrogen-bond acceptors (Lipinski definition) is 3. The highest BCUT2D eigenvalue weighted by atomic mass is 19.1. The third-order valence-electron chi connectivity index (χ3n) is 2.96. The molecule has 0 aromatic carbocycles. The fourth-order valence-corrected chi connectivity index (χ4v) is 1.86. The molecule has 1 aliphatic rings. The van der Waals surface area contributed by atoms with Gasteiger partial charge in [0, 0.05) is 18.2 Å². The first-order valence-electron chi connectivity index (χ1n) is 5.03. The standard InChI is InChI=1S/C11H13FN2O/c1-13-8-4-7(5-8)11(15)9-2-3-14-6-10(9)12/h2-3,6-8,13H,4-5H2,1H3. The van der Waals surface area contributed by atoms with Gasteiger partial charge in [0.15, 0.2) is 11.6 Å². The molecule has 0 bridgehead atoms. The molecule has 1 heterocycles. The minimum Gasteiger partial charge on any atom is -0.317 e. The Morgan fingerprint density at radius 1 is 1.60 bits per heavy atom. The molecule has 3 nitrogen and oxygen atoms in total. The van der Waals surface area contributed by atoms with E-state index in [1.807, 2.05) is 7.05 Å². The molecule has 15 heavy (non-hydrogen) atoms. The minimum absolute atomic E-state index is 0.0284. The third-order valence-corrected chi connectivity index (χ3v) is 2.96. The van der Waals surface area contributed by atoms with Gasteiger partial charge in [0.2, 0.25) is 0 Å². The van der Waals surface area contributed by atoms with Gasteiger partial charge in [-0.15, -0.1) is 0 Å². The summed E-state index contributed by atoms with van der Waals surface area (Å²) in [7, 11) is 1.87. The summed E-state index contributed by atoms with van der Waals surface area (Å²) in [5, 5.41) is 3.09. The number of aromatic nitrogens is 1. The van der Waals surface area contributed by atoms with Gasteiger partial charge in [-0.3, -0.25) is 9.78 Å². The highest BCUT2D eigenvalue weighted by molar-refractivity contribution is 5.98. The van der Waals surface area contributed by atoms with Crippen molar-refractivity contribution in [3.63, 3.8) is 0 Å². The van der Waals surface area contributed by atoms with Gasteiger partial charge in [-0.05, 0) is 26.0 Å². The van der Waals surface area contributed by atoms with E-state index in [0.717, 1.165) is 19.0 Å². The predicted octanol–water partition coefficient (Wildman–Crippen LogP) is 1.40. The van der Waals surface area contributed by atoms with E-state index in [4.69, 9.17) is 0 Å². The van der Waals surface area contributed by atoms with Crippen LogP contribution in [-0.4, -0.2) is 23.9 Å². The average Bonchev–Trinajstić information content (AvgIpc) is 2.16. The molecular weight excluding hydrogens is 195 g/mol. The maximum Gasteiger partial charge on any atom is 0.169 e. The highest BCUT2D eigenvalue weighted by Crippen LogP contribution is 2.30. The summed E-state index contributed by atoms with van der Waals surface area (Å²) in [5.41, 5.74) is 0.171. The lowest BCUT2D eigenvalue weighted by molar-refractivity contribution is 0.0811. The Kier molecular flexibility index (Phi) is 2.77. The van der Waals surface area contributed by atoms with Crippen molar-refractivity contribution in [2.75, 3.05) is 7.05 Å². The van der Waals surface area contributed by atoms with Crippen LogP contribution < -0.4 is 5.32 Å². The molecule has 80 valence electrons. The van der Waals surface area contributed by atoms with E-state index in [1.165, 1.54) is 12.3 Å². The fourth-order valence-electron chi connectivity index (χ4n) is 1.86. The molecule has 1 fully saturated rings. The number of nitrogens with zero attached hydrogens (tertiary/aromatic N) is 1. The Morgan fingerprint density at radius 2 is 2.33 bits per heavy atom. The van der Waals surface area contributed by atoms with E-state index in [1.54, 1.807) is 0 Å². The molecule has 0 atom stereocenters. The summed E-state index contributed by atoms with van der Waals surface area (Å²) >= 11 is 0. The lowest BCUT2D eigenvalue weighted by Gasteiger charge is -2.33. The SMILES string of the molecule is CNC1CC(C(=O)c2ccncc2F)C1. The highest BCUT2D eigenvalue weighted by Gasteiger charge is 2.34. The molecule has 0 unspecified atom stereocenters. The van der Waals surface area contributed by atoms with Crippen LogP contribution in [-0.2, 0) is 0 Å². The van der Waals surface area contributed by atoms with E-state index in [9.17, 15) is 9.18 Å². The number of carbonyl (C=O) groups is 1. The van der Waals surface area contributed by atoms with Gasteiger partial charge in [0.1, 0.15) is 0 Å². The fraction of sp³-hybridized carbons (Fsp3) is 0.455. The zero-order valence-electron chi connectivity index (χ0n) is 8.53.